The van der Waals surface area contributed by atoms with E-state index in [0.717, 1.165) is 0 Å². The molecule has 2 rings (SSSR count). The number of sulfone groups is 1. The largest absolute Gasteiger partial charge is 0.411 e. The van der Waals surface area contributed by atoms with Gasteiger partial charge in [0, 0.05) is 11.4 Å². The molecule has 0 fully saturated rings. The molecule has 1 aromatic carbocycles. The summed E-state index contributed by atoms with van der Waals surface area (Å²) >= 11 is 5.84. The Morgan fingerprint density at radius 3 is 2.75 bits per heavy atom. The lowest BCUT2D eigenvalue weighted by molar-refractivity contribution is -0.122. The predicted octanol–water partition coefficient (Wildman–Crippen LogP) is 2.36. The Hall–Kier alpha value is -1.93. The lowest BCUT2D eigenvalue weighted by atomic mass is 10.1. The number of halogens is 1. The van der Waals surface area contributed by atoms with Crippen molar-refractivity contribution in [3.05, 3.63) is 40.7 Å². The standard InChI is InChI=1S/C15H18ClN3O4S/c1-10(2)6-13(20)17-8-14-18-19-15(23-14)24(21,22)9-11-4-3-5-12(16)7-11/h3-5,7,10H,6,8-9H2,1-2H3,(H,17,20). The van der Waals surface area contributed by atoms with E-state index in [0.29, 0.717) is 17.0 Å². The van der Waals surface area contributed by atoms with Crippen LogP contribution in [0.2, 0.25) is 5.02 Å². The molecule has 130 valence electrons. The molecule has 0 aliphatic rings. The van der Waals surface area contributed by atoms with Gasteiger partial charge in [0.2, 0.25) is 21.6 Å². The van der Waals surface area contributed by atoms with Gasteiger partial charge in [-0.15, -0.1) is 5.10 Å². The van der Waals surface area contributed by atoms with Crippen LogP contribution in [-0.2, 0) is 26.9 Å². The number of benzene rings is 1. The Bertz CT molecular complexity index is 818. The number of hydrogen-bond acceptors (Lipinski definition) is 6. The maximum absolute atomic E-state index is 12.3. The molecule has 1 heterocycles. The summed E-state index contributed by atoms with van der Waals surface area (Å²) in [6.45, 7) is 3.84. The number of amides is 1. The minimum absolute atomic E-state index is 0.00869. The number of nitrogens with one attached hydrogen (secondary N) is 1. The van der Waals surface area contributed by atoms with Gasteiger partial charge in [0.25, 0.3) is 0 Å². The molecular formula is C15H18ClN3O4S. The van der Waals surface area contributed by atoms with Crippen LogP contribution in [0.5, 0.6) is 0 Å². The summed E-state index contributed by atoms with van der Waals surface area (Å²) in [7, 11) is -3.78. The van der Waals surface area contributed by atoms with Crippen LogP contribution in [-0.4, -0.2) is 24.5 Å². The highest BCUT2D eigenvalue weighted by atomic mass is 35.5. The third-order valence-corrected chi connectivity index (χ3v) is 4.64. The number of nitrogens with zero attached hydrogens (tertiary/aromatic N) is 2. The minimum Gasteiger partial charge on any atom is -0.411 e. The molecule has 0 radical (unpaired) electrons. The number of carbonyl (C=O) groups excluding carboxylic acids is 1. The second-order valence-electron chi connectivity index (χ2n) is 5.73. The third kappa shape index (κ3) is 5.31. The minimum atomic E-state index is -3.78. The molecule has 9 heteroatoms. The van der Waals surface area contributed by atoms with Crippen LogP contribution < -0.4 is 5.32 Å². The van der Waals surface area contributed by atoms with Crippen LogP contribution in [0, 0.1) is 5.92 Å². The lowest BCUT2D eigenvalue weighted by Crippen LogP contribution is -2.24. The highest BCUT2D eigenvalue weighted by molar-refractivity contribution is 7.90. The third-order valence-electron chi connectivity index (χ3n) is 2.99. The first kappa shape index (κ1) is 18.4. The Balaban J connectivity index is 2.02. The van der Waals surface area contributed by atoms with Gasteiger partial charge in [-0.1, -0.05) is 42.7 Å². The van der Waals surface area contributed by atoms with Crippen molar-refractivity contribution in [3.63, 3.8) is 0 Å². The van der Waals surface area contributed by atoms with E-state index >= 15 is 0 Å². The first-order chi connectivity index (χ1) is 11.3. The number of rotatable bonds is 7. The quantitative estimate of drug-likeness (QED) is 0.801. The maximum Gasteiger partial charge on any atom is 0.335 e. The van der Waals surface area contributed by atoms with Crippen LogP contribution >= 0.6 is 11.6 Å². The van der Waals surface area contributed by atoms with Gasteiger partial charge in [-0.25, -0.2) is 8.42 Å². The maximum atomic E-state index is 12.3. The predicted molar refractivity (Wildman–Crippen MR) is 87.9 cm³/mol. The zero-order chi connectivity index (χ0) is 17.7. The number of aromatic nitrogens is 2. The molecule has 0 aliphatic heterocycles. The zero-order valence-corrected chi connectivity index (χ0v) is 14.9. The fraction of sp³-hybridized carbons (Fsp3) is 0.400. The van der Waals surface area contributed by atoms with E-state index < -0.39 is 15.1 Å². The molecule has 0 saturated carbocycles. The zero-order valence-electron chi connectivity index (χ0n) is 13.3. The molecule has 0 saturated heterocycles. The molecule has 2 aromatic rings. The fourth-order valence-electron chi connectivity index (χ4n) is 1.96. The van der Waals surface area contributed by atoms with Crippen LogP contribution in [0.3, 0.4) is 0 Å². The highest BCUT2D eigenvalue weighted by Crippen LogP contribution is 2.18. The van der Waals surface area contributed by atoms with Gasteiger partial charge in [0.1, 0.15) is 0 Å². The fourth-order valence-corrected chi connectivity index (χ4v) is 3.30. The topological polar surface area (TPSA) is 102 Å². The van der Waals surface area contributed by atoms with Crippen molar-refractivity contribution in [2.45, 2.75) is 37.8 Å². The van der Waals surface area contributed by atoms with Gasteiger partial charge in [0.05, 0.1) is 12.3 Å². The van der Waals surface area contributed by atoms with E-state index in [9.17, 15) is 13.2 Å². The van der Waals surface area contributed by atoms with E-state index in [4.69, 9.17) is 16.0 Å². The van der Waals surface area contributed by atoms with E-state index in [2.05, 4.69) is 15.5 Å². The van der Waals surface area contributed by atoms with Crippen LogP contribution in [0.25, 0.3) is 0 Å². The Morgan fingerprint density at radius 1 is 1.33 bits per heavy atom. The lowest BCUT2D eigenvalue weighted by Gasteiger charge is -2.04. The number of hydrogen-bond donors (Lipinski definition) is 1. The number of carbonyl (C=O) groups is 1. The summed E-state index contributed by atoms with van der Waals surface area (Å²) in [6, 6.07) is 6.52. The van der Waals surface area contributed by atoms with Gasteiger partial charge in [-0.3, -0.25) is 4.79 Å². The second-order valence-corrected chi connectivity index (χ2v) is 8.03. The average molecular weight is 372 g/mol. The molecule has 7 nitrogen and oxygen atoms in total. The molecule has 0 aliphatic carbocycles. The summed E-state index contributed by atoms with van der Waals surface area (Å²) in [4.78, 5) is 11.6. The second kappa shape index (κ2) is 7.76. The van der Waals surface area contributed by atoms with Crippen molar-refractivity contribution in [2.75, 3.05) is 0 Å². The summed E-state index contributed by atoms with van der Waals surface area (Å²) < 4.78 is 29.7. The SMILES string of the molecule is CC(C)CC(=O)NCc1nnc(S(=O)(=O)Cc2cccc(Cl)c2)o1. The first-order valence-electron chi connectivity index (χ1n) is 7.32. The molecule has 0 spiro atoms. The monoisotopic (exact) mass is 371 g/mol. The molecule has 1 aromatic heterocycles. The van der Waals surface area contributed by atoms with E-state index in [1.807, 2.05) is 13.8 Å². The van der Waals surface area contributed by atoms with E-state index in [1.54, 1.807) is 24.3 Å². The molecule has 1 amide bonds. The molecule has 1 N–H and O–H groups in total. The van der Waals surface area contributed by atoms with Crippen LogP contribution in [0.1, 0.15) is 31.7 Å². The molecule has 0 unspecified atom stereocenters. The van der Waals surface area contributed by atoms with Crippen molar-refractivity contribution in [2.24, 2.45) is 5.92 Å². The average Bonchev–Trinajstić information content (AvgIpc) is 2.93. The molecule has 24 heavy (non-hydrogen) atoms. The Morgan fingerprint density at radius 2 is 2.08 bits per heavy atom. The summed E-state index contributed by atoms with van der Waals surface area (Å²) in [5.41, 5.74) is 0.521. The van der Waals surface area contributed by atoms with Crippen LogP contribution in [0.4, 0.5) is 0 Å². The van der Waals surface area contributed by atoms with E-state index in [-0.39, 0.29) is 30.0 Å². The van der Waals surface area contributed by atoms with Crippen molar-refractivity contribution >= 4 is 27.3 Å². The Labute approximate surface area is 145 Å². The first-order valence-corrected chi connectivity index (χ1v) is 9.35. The van der Waals surface area contributed by atoms with Gasteiger partial charge in [-0.2, -0.15) is 0 Å². The van der Waals surface area contributed by atoms with Crippen molar-refractivity contribution < 1.29 is 17.6 Å². The summed E-state index contributed by atoms with van der Waals surface area (Å²) in [5, 5.41) is 9.79. The Kier molecular flexibility index (Phi) is 5.95. The smallest absolute Gasteiger partial charge is 0.335 e. The van der Waals surface area contributed by atoms with Crippen LogP contribution in [0.15, 0.2) is 33.9 Å². The van der Waals surface area contributed by atoms with Gasteiger partial charge in [-0.05, 0) is 23.6 Å². The normalized spacial score (nSPS) is 11.7. The molecule has 0 bridgehead atoms. The van der Waals surface area contributed by atoms with Crippen molar-refractivity contribution in [1.29, 1.82) is 0 Å². The van der Waals surface area contributed by atoms with Crippen molar-refractivity contribution in [1.82, 2.24) is 15.5 Å². The summed E-state index contributed by atoms with van der Waals surface area (Å²) in [6.07, 6.45) is 0.369. The molecular weight excluding hydrogens is 354 g/mol. The van der Waals surface area contributed by atoms with E-state index in [1.165, 1.54) is 0 Å². The molecule has 0 atom stereocenters. The van der Waals surface area contributed by atoms with Gasteiger partial charge >= 0.3 is 5.22 Å². The van der Waals surface area contributed by atoms with Gasteiger partial charge in [0.15, 0.2) is 0 Å². The van der Waals surface area contributed by atoms with Crippen molar-refractivity contribution in [3.8, 4) is 0 Å². The highest BCUT2D eigenvalue weighted by Gasteiger charge is 2.23. The van der Waals surface area contributed by atoms with Gasteiger partial charge < -0.3 is 9.73 Å². The summed E-state index contributed by atoms with van der Waals surface area (Å²) in [5.74, 6) is -0.195.